The molecular weight excluding hydrogens is 368 g/mol. The Morgan fingerprint density at radius 2 is 2.00 bits per heavy atom. The summed E-state index contributed by atoms with van der Waals surface area (Å²) in [5.41, 5.74) is 2.66. The Kier molecular flexibility index (Phi) is 5.88. The van der Waals surface area contributed by atoms with Gasteiger partial charge >= 0.3 is 5.97 Å². The highest BCUT2D eigenvalue weighted by Crippen LogP contribution is 2.34. The minimum atomic E-state index is -0.923. The van der Waals surface area contributed by atoms with Gasteiger partial charge < -0.3 is 19.6 Å². The van der Waals surface area contributed by atoms with Crippen molar-refractivity contribution >= 4 is 28.5 Å². The third kappa shape index (κ3) is 4.18. The van der Waals surface area contributed by atoms with Crippen molar-refractivity contribution in [1.29, 1.82) is 0 Å². The smallest absolute Gasteiger partial charge is 0.321 e. The molecule has 0 bridgehead atoms. The van der Waals surface area contributed by atoms with E-state index in [0.29, 0.717) is 22.9 Å². The molecule has 0 aliphatic carbocycles. The number of carboxylic acids is 1. The maximum atomic E-state index is 11.8. The summed E-state index contributed by atoms with van der Waals surface area (Å²) in [6.07, 6.45) is 2.20. The van der Waals surface area contributed by atoms with Gasteiger partial charge in [0.05, 0.1) is 14.2 Å². The molecule has 0 radical (unpaired) electrons. The van der Waals surface area contributed by atoms with Crippen molar-refractivity contribution in [2.24, 2.45) is 0 Å². The topological polar surface area (TPSA) is 83.6 Å². The molecule has 0 aliphatic heterocycles. The first kappa shape index (κ1) is 19.1. The Hall–Kier alpha value is -2.70. The van der Waals surface area contributed by atoms with Crippen LogP contribution in [0.25, 0.3) is 10.9 Å². The standard InChI is InChI=1S/C20H21ClN2O4/c1-26-18-9-14(21)7-13(19(18)27-2)11-23-17(20(24)25)8-12-10-22-16-6-4-3-5-15(12)16/h3-7,9-10,17,22-23H,8,11H2,1-2H3,(H,24,25)/t17-/m0/s1. The van der Waals surface area contributed by atoms with E-state index in [1.54, 1.807) is 12.1 Å². The first-order chi connectivity index (χ1) is 13.0. The number of nitrogens with one attached hydrogen (secondary N) is 2. The first-order valence-electron chi connectivity index (χ1n) is 8.45. The molecule has 6 nitrogen and oxygen atoms in total. The molecular formula is C20H21ClN2O4. The number of hydrogen-bond acceptors (Lipinski definition) is 4. The number of benzene rings is 2. The molecule has 1 atom stereocenters. The second-order valence-corrected chi connectivity index (χ2v) is 6.57. The number of carbonyl (C=O) groups is 1. The van der Waals surface area contributed by atoms with Crippen molar-refractivity contribution in [3.63, 3.8) is 0 Å². The normalized spacial score (nSPS) is 12.1. The zero-order valence-corrected chi connectivity index (χ0v) is 15.8. The number of halogens is 1. The number of aromatic nitrogens is 1. The number of rotatable bonds is 8. The van der Waals surface area contributed by atoms with E-state index in [2.05, 4.69) is 10.3 Å². The summed E-state index contributed by atoms with van der Waals surface area (Å²) in [4.78, 5) is 14.9. The van der Waals surface area contributed by atoms with Gasteiger partial charge in [0.2, 0.25) is 0 Å². The van der Waals surface area contributed by atoms with Gasteiger partial charge in [0.1, 0.15) is 6.04 Å². The summed E-state index contributed by atoms with van der Waals surface area (Å²) in [6, 6.07) is 10.4. The summed E-state index contributed by atoms with van der Waals surface area (Å²) in [7, 11) is 3.07. The number of aliphatic carboxylic acids is 1. The predicted octanol–water partition coefficient (Wildman–Crippen LogP) is 3.62. The fourth-order valence-electron chi connectivity index (χ4n) is 3.14. The van der Waals surface area contributed by atoms with Crippen LogP contribution in [-0.2, 0) is 17.8 Å². The van der Waals surface area contributed by atoms with Crippen molar-refractivity contribution in [2.75, 3.05) is 14.2 Å². The highest BCUT2D eigenvalue weighted by molar-refractivity contribution is 6.30. The van der Waals surface area contributed by atoms with Crippen LogP contribution in [0.3, 0.4) is 0 Å². The molecule has 0 amide bonds. The van der Waals surface area contributed by atoms with E-state index in [-0.39, 0.29) is 6.54 Å². The Morgan fingerprint density at radius 3 is 2.70 bits per heavy atom. The predicted molar refractivity (Wildman–Crippen MR) is 105 cm³/mol. The zero-order valence-electron chi connectivity index (χ0n) is 15.1. The fraction of sp³-hybridized carbons (Fsp3) is 0.250. The van der Waals surface area contributed by atoms with Crippen molar-refractivity contribution < 1.29 is 19.4 Å². The number of ether oxygens (including phenoxy) is 2. The highest BCUT2D eigenvalue weighted by atomic mass is 35.5. The van der Waals surface area contributed by atoms with Gasteiger partial charge in [-0.05, 0) is 17.7 Å². The number of hydrogen-bond donors (Lipinski definition) is 3. The van der Waals surface area contributed by atoms with Crippen LogP contribution in [-0.4, -0.2) is 36.3 Å². The molecule has 7 heteroatoms. The fourth-order valence-corrected chi connectivity index (χ4v) is 3.37. The Labute approximate surface area is 162 Å². The van der Waals surface area contributed by atoms with E-state index in [1.165, 1.54) is 14.2 Å². The minimum absolute atomic E-state index is 0.277. The second kappa shape index (κ2) is 8.33. The van der Waals surface area contributed by atoms with E-state index < -0.39 is 12.0 Å². The quantitative estimate of drug-likeness (QED) is 0.549. The van der Waals surface area contributed by atoms with Crippen molar-refractivity contribution in [3.05, 3.63) is 58.7 Å². The van der Waals surface area contributed by atoms with E-state index in [4.69, 9.17) is 21.1 Å². The summed E-state index contributed by atoms with van der Waals surface area (Å²) in [6.45, 7) is 0.277. The van der Waals surface area contributed by atoms with Crippen LogP contribution in [0.4, 0.5) is 0 Å². The van der Waals surface area contributed by atoms with E-state index in [9.17, 15) is 9.90 Å². The Balaban J connectivity index is 1.80. The molecule has 3 aromatic rings. The number of carboxylic acid groups (broad SMARTS) is 1. The van der Waals surface area contributed by atoms with Crippen LogP contribution in [0.1, 0.15) is 11.1 Å². The van der Waals surface area contributed by atoms with Gasteiger partial charge in [-0.2, -0.15) is 0 Å². The molecule has 142 valence electrons. The molecule has 0 saturated carbocycles. The van der Waals surface area contributed by atoms with Crippen LogP contribution in [0.15, 0.2) is 42.6 Å². The second-order valence-electron chi connectivity index (χ2n) is 6.14. The number of fused-ring (bicyclic) bond motifs is 1. The number of methoxy groups -OCH3 is 2. The van der Waals surface area contributed by atoms with Gasteiger partial charge in [0, 0.05) is 46.7 Å². The lowest BCUT2D eigenvalue weighted by molar-refractivity contribution is -0.139. The highest BCUT2D eigenvalue weighted by Gasteiger charge is 2.21. The average Bonchev–Trinajstić information content (AvgIpc) is 3.07. The molecule has 0 saturated heterocycles. The van der Waals surface area contributed by atoms with Crippen LogP contribution < -0.4 is 14.8 Å². The van der Waals surface area contributed by atoms with Crippen molar-refractivity contribution in [1.82, 2.24) is 10.3 Å². The SMILES string of the molecule is COc1cc(Cl)cc(CN[C@@H](Cc2c[nH]c3ccccc23)C(=O)O)c1OC. The number of aromatic amines is 1. The first-order valence-corrected chi connectivity index (χ1v) is 8.83. The van der Waals surface area contributed by atoms with Crippen molar-refractivity contribution in [3.8, 4) is 11.5 Å². The van der Waals surface area contributed by atoms with E-state index >= 15 is 0 Å². The Bertz CT molecular complexity index is 954. The molecule has 2 aromatic carbocycles. The lowest BCUT2D eigenvalue weighted by Crippen LogP contribution is -2.38. The zero-order chi connectivity index (χ0) is 19.4. The molecule has 27 heavy (non-hydrogen) atoms. The van der Waals surface area contributed by atoms with Crippen LogP contribution in [0.5, 0.6) is 11.5 Å². The maximum absolute atomic E-state index is 11.8. The van der Waals surface area contributed by atoms with Gasteiger partial charge in [0.15, 0.2) is 11.5 Å². The lowest BCUT2D eigenvalue weighted by Gasteiger charge is -2.17. The van der Waals surface area contributed by atoms with Crippen LogP contribution in [0, 0.1) is 0 Å². The van der Waals surface area contributed by atoms with Gasteiger partial charge in [-0.1, -0.05) is 29.8 Å². The van der Waals surface area contributed by atoms with Gasteiger partial charge in [-0.15, -0.1) is 0 Å². The number of H-pyrrole nitrogens is 1. The van der Waals surface area contributed by atoms with Crippen LogP contribution in [0.2, 0.25) is 5.02 Å². The molecule has 1 aromatic heterocycles. The Morgan fingerprint density at radius 1 is 1.22 bits per heavy atom. The minimum Gasteiger partial charge on any atom is -0.493 e. The van der Waals surface area contributed by atoms with Gasteiger partial charge in [0.25, 0.3) is 0 Å². The summed E-state index contributed by atoms with van der Waals surface area (Å²) in [5.74, 6) is 0.115. The third-order valence-electron chi connectivity index (χ3n) is 4.46. The summed E-state index contributed by atoms with van der Waals surface area (Å²) >= 11 is 6.13. The molecule has 3 N–H and O–H groups in total. The van der Waals surface area contributed by atoms with E-state index in [0.717, 1.165) is 22.0 Å². The lowest BCUT2D eigenvalue weighted by atomic mass is 10.0. The molecule has 1 heterocycles. The molecule has 0 unspecified atom stereocenters. The van der Waals surface area contributed by atoms with Crippen molar-refractivity contribution in [2.45, 2.75) is 19.0 Å². The molecule has 0 spiro atoms. The van der Waals surface area contributed by atoms with E-state index in [1.807, 2.05) is 30.5 Å². The number of para-hydroxylation sites is 1. The third-order valence-corrected chi connectivity index (χ3v) is 4.67. The molecule has 0 fully saturated rings. The summed E-state index contributed by atoms with van der Waals surface area (Å²) < 4.78 is 10.7. The van der Waals surface area contributed by atoms with Gasteiger partial charge in [-0.3, -0.25) is 10.1 Å². The maximum Gasteiger partial charge on any atom is 0.321 e. The van der Waals surface area contributed by atoms with Crippen LogP contribution >= 0.6 is 11.6 Å². The largest absolute Gasteiger partial charge is 0.493 e. The summed E-state index contributed by atoms with van der Waals surface area (Å²) in [5, 5.41) is 14.2. The van der Waals surface area contributed by atoms with Gasteiger partial charge in [-0.25, -0.2) is 0 Å². The molecule has 3 rings (SSSR count). The average molecular weight is 389 g/mol. The monoisotopic (exact) mass is 388 g/mol. The molecule has 0 aliphatic rings.